The summed E-state index contributed by atoms with van der Waals surface area (Å²) in [6.45, 7) is 0.917. The van der Waals surface area contributed by atoms with Crippen LogP contribution in [0.2, 0.25) is 0 Å². The fourth-order valence-electron chi connectivity index (χ4n) is 5.04. The van der Waals surface area contributed by atoms with Crippen LogP contribution in [0, 0.1) is 5.82 Å². The lowest BCUT2D eigenvalue weighted by atomic mass is 10.2. The van der Waals surface area contributed by atoms with E-state index in [0.29, 0.717) is 0 Å². The second-order valence-electron chi connectivity index (χ2n) is 8.81. The second-order valence-corrected chi connectivity index (χ2v) is 12.4. The maximum absolute atomic E-state index is 13.7. The molecule has 1 heterocycles. The summed E-state index contributed by atoms with van der Waals surface area (Å²) in [5.74, 6) is -0.171. The second kappa shape index (κ2) is 12.0. The highest BCUT2D eigenvalue weighted by molar-refractivity contribution is 7.95. The molecule has 4 heteroatoms. The fraction of sp³-hybridized carbons (Fsp3) is 0.161. The zero-order chi connectivity index (χ0) is 23.2. The standard InChI is InChI=1S/C31H30FNP.HI/c32-27-20-19-26-21-23-33(31(26)25-27)22-11-4-12-24-34(28-13-5-1-6-14-28,29-15-7-2-8-16-29)30-17-9-3-10-18-30;/h1-3,5-10,13-21,23,25H,4,11-12,22,24H2;1H/q+1;/p-1. The van der Waals surface area contributed by atoms with E-state index in [1.165, 1.54) is 22.0 Å². The fourth-order valence-corrected chi connectivity index (χ4v) is 9.45. The summed E-state index contributed by atoms with van der Waals surface area (Å²) in [6, 6.07) is 40.4. The summed E-state index contributed by atoms with van der Waals surface area (Å²) < 4.78 is 15.9. The highest BCUT2D eigenvalue weighted by atomic mass is 127. The number of aryl methyl sites for hydroxylation is 1. The first kappa shape index (κ1) is 25.6. The van der Waals surface area contributed by atoms with Gasteiger partial charge in [0.15, 0.2) is 0 Å². The van der Waals surface area contributed by atoms with Gasteiger partial charge in [-0.05, 0) is 85.3 Å². The third kappa shape index (κ3) is 5.52. The average molecular weight is 593 g/mol. The molecule has 5 aromatic rings. The van der Waals surface area contributed by atoms with Crippen LogP contribution in [0.1, 0.15) is 19.3 Å². The van der Waals surface area contributed by atoms with Gasteiger partial charge in [-0.2, -0.15) is 0 Å². The van der Waals surface area contributed by atoms with Crippen LogP contribution in [0.3, 0.4) is 0 Å². The Kier molecular flexibility index (Phi) is 8.75. The molecule has 0 atom stereocenters. The van der Waals surface area contributed by atoms with Gasteiger partial charge >= 0.3 is 0 Å². The summed E-state index contributed by atoms with van der Waals surface area (Å²) in [5, 5.41) is 5.43. The molecule has 0 saturated heterocycles. The molecule has 1 aromatic heterocycles. The number of hydrogen-bond acceptors (Lipinski definition) is 0. The molecule has 5 rings (SSSR count). The van der Waals surface area contributed by atoms with Gasteiger partial charge in [-0.15, -0.1) is 0 Å². The van der Waals surface area contributed by atoms with Crippen molar-refractivity contribution in [2.75, 3.05) is 6.16 Å². The molecule has 1 nitrogen and oxygen atoms in total. The van der Waals surface area contributed by atoms with Crippen LogP contribution in [0.15, 0.2) is 121 Å². The normalized spacial score (nSPS) is 11.3. The minimum absolute atomic E-state index is 0. The van der Waals surface area contributed by atoms with Gasteiger partial charge in [-0.25, -0.2) is 4.39 Å². The molecule has 4 aromatic carbocycles. The third-order valence-corrected chi connectivity index (χ3v) is 11.2. The SMILES string of the molecule is Fc1ccc2ccn(CCCCC[P+](c3ccccc3)(c3ccccc3)c3ccccc3)c2c1.[I-]. The van der Waals surface area contributed by atoms with E-state index >= 15 is 0 Å². The summed E-state index contributed by atoms with van der Waals surface area (Å²) in [7, 11) is -1.76. The highest BCUT2D eigenvalue weighted by Gasteiger charge is 2.44. The largest absolute Gasteiger partial charge is 1.00 e. The van der Waals surface area contributed by atoms with Crippen molar-refractivity contribution in [1.82, 2.24) is 4.57 Å². The predicted molar refractivity (Wildman–Crippen MR) is 146 cm³/mol. The molecule has 35 heavy (non-hydrogen) atoms. The van der Waals surface area contributed by atoms with Crippen molar-refractivity contribution < 1.29 is 28.4 Å². The topological polar surface area (TPSA) is 4.93 Å². The van der Waals surface area contributed by atoms with Crippen molar-refractivity contribution in [3.63, 3.8) is 0 Å². The number of aromatic nitrogens is 1. The zero-order valence-electron chi connectivity index (χ0n) is 19.7. The maximum Gasteiger partial charge on any atom is 0.125 e. The number of fused-ring (bicyclic) bond motifs is 1. The molecule has 0 aliphatic rings. The zero-order valence-corrected chi connectivity index (χ0v) is 22.8. The molecule has 178 valence electrons. The Bertz CT molecular complexity index is 1240. The summed E-state index contributed by atoms with van der Waals surface area (Å²) in [5.41, 5.74) is 0.986. The first-order valence-electron chi connectivity index (χ1n) is 12.1. The van der Waals surface area contributed by atoms with Crippen molar-refractivity contribution in [3.8, 4) is 0 Å². The minimum atomic E-state index is -1.76. The van der Waals surface area contributed by atoms with E-state index in [4.69, 9.17) is 0 Å². The van der Waals surface area contributed by atoms with Gasteiger partial charge < -0.3 is 28.5 Å². The maximum atomic E-state index is 13.7. The van der Waals surface area contributed by atoms with Crippen LogP contribution in [0.4, 0.5) is 4.39 Å². The van der Waals surface area contributed by atoms with Crippen molar-refractivity contribution in [1.29, 1.82) is 0 Å². The monoisotopic (exact) mass is 593 g/mol. The summed E-state index contributed by atoms with van der Waals surface area (Å²) in [4.78, 5) is 0. The number of unbranched alkanes of at least 4 members (excludes halogenated alkanes) is 2. The molecule has 0 N–H and O–H groups in total. The molecular formula is C31H30FINP. The van der Waals surface area contributed by atoms with Crippen LogP contribution in [0.25, 0.3) is 10.9 Å². The van der Waals surface area contributed by atoms with Crippen molar-refractivity contribution >= 4 is 34.1 Å². The average Bonchev–Trinajstić information content (AvgIpc) is 3.30. The first-order valence-corrected chi connectivity index (χ1v) is 14.0. The van der Waals surface area contributed by atoms with Crippen LogP contribution >= 0.6 is 7.26 Å². The van der Waals surface area contributed by atoms with Crippen molar-refractivity contribution in [3.05, 3.63) is 127 Å². The lowest BCUT2D eigenvalue weighted by Gasteiger charge is -2.27. The Labute approximate surface area is 225 Å². The summed E-state index contributed by atoms with van der Waals surface area (Å²) >= 11 is 0. The van der Waals surface area contributed by atoms with E-state index in [1.54, 1.807) is 6.07 Å². The van der Waals surface area contributed by atoms with E-state index in [2.05, 4.69) is 108 Å². The van der Waals surface area contributed by atoms with Crippen molar-refractivity contribution in [2.24, 2.45) is 0 Å². The Hall–Kier alpha value is -2.49. The minimum Gasteiger partial charge on any atom is -1.00 e. The van der Waals surface area contributed by atoms with Gasteiger partial charge in [0.1, 0.15) is 29.0 Å². The number of halogens is 2. The number of rotatable bonds is 9. The molecule has 0 aliphatic heterocycles. The van der Waals surface area contributed by atoms with Crippen LogP contribution in [0.5, 0.6) is 0 Å². The molecule has 0 radical (unpaired) electrons. The molecule has 0 spiro atoms. The van der Waals surface area contributed by atoms with E-state index in [0.717, 1.165) is 42.9 Å². The molecule has 0 unspecified atom stereocenters. The van der Waals surface area contributed by atoms with Gasteiger partial charge in [-0.3, -0.25) is 0 Å². The lowest BCUT2D eigenvalue weighted by Crippen LogP contribution is -3.00. The van der Waals surface area contributed by atoms with Gasteiger partial charge in [0.2, 0.25) is 0 Å². The number of nitrogens with zero attached hydrogens (tertiary/aromatic N) is 1. The van der Waals surface area contributed by atoms with Crippen molar-refractivity contribution in [2.45, 2.75) is 25.8 Å². The Morgan fingerprint density at radius 2 is 1.14 bits per heavy atom. The van der Waals surface area contributed by atoms with Gasteiger partial charge in [0, 0.05) is 12.7 Å². The Morgan fingerprint density at radius 1 is 0.600 bits per heavy atom. The van der Waals surface area contributed by atoms with E-state index < -0.39 is 7.26 Å². The smallest absolute Gasteiger partial charge is 0.125 e. The molecule has 0 aliphatic carbocycles. The van der Waals surface area contributed by atoms with Crippen LogP contribution in [-0.4, -0.2) is 10.7 Å². The Balaban J connectivity index is 0.00000289. The third-order valence-electron chi connectivity index (χ3n) is 6.72. The van der Waals surface area contributed by atoms with Gasteiger partial charge in [-0.1, -0.05) is 54.6 Å². The van der Waals surface area contributed by atoms with E-state index in [9.17, 15) is 4.39 Å². The van der Waals surface area contributed by atoms with Crippen LogP contribution in [-0.2, 0) is 6.54 Å². The number of benzene rings is 4. The van der Waals surface area contributed by atoms with Crippen LogP contribution < -0.4 is 39.9 Å². The molecule has 0 amide bonds. The molecule has 0 bridgehead atoms. The molecular weight excluding hydrogens is 563 g/mol. The lowest BCUT2D eigenvalue weighted by molar-refractivity contribution is -0.00000723. The first-order chi connectivity index (χ1) is 16.8. The summed E-state index contributed by atoms with van der Waals surface area (Å²) in [6.07, 6.45) is 6.60. The van der Waals surface area contributed by atoms with Gasteiger partial charge in [0.05, 0.1) is 11.7 Å². The van der Waals surface area contributed by atoms with E-state index in [-0.39, 0.29) is 29.8 Å². The van der Waals surface area contributed by atoms with Gasteiger partial charge in [0.25, 0.3) is 0 Å². The molecule has 0 saturated carbocycles. The Morgan fingerprint density at radius 3 is 1.69 bits per heavy atom. The van der Waals surface area contributed by atoms with E-state index in [1.807, 2.05) is 6.07 Å². The highest BCUT2D eigenvalue weighted by Crippen LogP contribution is 2.55. The predicted octanol–water partition coefficient (Wildman–Crippen LogP) is 3.95. The molecule has 0 fully saturated rings. The quantitative estimate of drug-likeness (QED) is 0.139. The number of hydrogen-bond donors (Lipinski definition) is 0.